The number of benzene rings is 1. The SMILES string of the molecule is COCCOc1cc(NC(=O)c2nc(Cl)ccc2Cl)ccc1OC. The molecule has 0 radical (unpaired) electrons. The zero-order valence-electron chi connectivity index (χ0n) is 13.1. The van der Waals surface area contributed by atoms with Crippen molar-refractivity contribution in [2.75, 3.05) is 32.8 Å². The molecule has 0 atom stereocenters. The fourth-order valence-corrected chi connectivity index (χ4v) is 2.21. The van der Waals surface area contributed by atoms with Crippen LogP contribution in [0.15, 0.2) is 30.3 Å². The number of amides is 1. The quantitative estimate of drug-likeness (QED) is 0.594. The summed E-state index contributed by atoms with van der Waals surface area (Å²) >= 11 is 11.8. The highest BCUT2D eigenvalue weighted by molar-refractivity contribution is 6.35. The molecule has 8 heteroatoms. The Bertz CT molecular complexity index is 725. The number of carbonyl (C=O) groups is 1. The fourth-order valence-electron chi connectivity index (χ4n) is 1.87. The molecule has 2 rings (SSSR count). The first-order chi connectivity index (χ1) is 11.5. The number of ether oxygens (including phenoxy) is 3. The van der Waals surface area contributed by atoms with Gasteiger partial charge in [0, 0.05) is 18.9 Å². The van der Waals surface area contributed by atoms with Crippen LogP contribution in [0.2, 0.25) is 10.2 Å². The largest absolute Gasteiger partial charge is 0.493 e. The smallest absolute Gasteiger partial charge is 0.275 e. The highest BCUT2D eigenvalue weighted by Gasteiger charge is 2.14. The molecule has 6 nitrogen and oxygen atoms in total. The Labute approximate surface area is 149 Å². The van der Waals surface area contributed by atoms with Crippen molar-refractivity contribution in [1.29, 1.82) is 0 Å². The maximum atomic E-state index is 12.3. The van der Waals surface area contributed by atoms with Crippen molar-refractivity contribution in [2.24, 2.45) is 0 Å². The third-order valence-electron chi connectivity index (χ3n) is 2.99. The minimum Gasteiger partial charge on any atom is -0.493 e. The highest BCUT2D eigenvalue weighted by atomic mass is 35.5. The number of nitrogens with one attached hydrogen (secondary N) is 1. The van der Waals surface area contributed by atoms with Crippen LogP contribution in [0.3, 0.4) is 0 Å². The Morgan fingerprint density at radius 1 is 1.12 bits per heavy atom. The molecule has 0 bridgehead atoms. The molecule has 0 unspecified atom stereocenters. The van der Waals surface area contributed by atoms with Crippen molar-refractivity contribution < 1.29 is 19.0 Å². The van der Waals surface area contributed by atoms with E-state index in [0.717, 1.165) is 0 Å². The van der Waals surface area contributed by atoms with Gasteiger partial charge in [0.25, 0.3) is 5.91 Å². The van der Waals surface area contributed by atoms with Crippen molar-refractivity contribution in [3.8, 4) is 11.5 Å². The van der Waals surface area contributed by atoms with Crippen LogP contribution in [-0.2, 0) is 4.74 Å². The van der Waals surface area contributed by atoms with E-state index in [1.54, 1.807) is 25.3 Å². The van der Waals surface area contributed by atoms with Gasteiger partial charge in [-0.05, 0) is 24.3 Å². The van der Waals surface area contributed by atoms with Gasteiger partial charge in [-0.15, -0.1) is 0 Å². The lowest BCUT2D eigenvalue weighted by molar-refractivity contribution is 0.102. The summed E-state index contributed by atoms with van der Waals surface area (Å²) in [6.07, 6.45) is 0. The molecular formula is C16H16Cl2N2O4. The van der Waals surface area contributed by atoms with Gasteiger partial charge >= 0.3 is 0 Å². The lowest BCUT2D eigenvalue weighted by Gasteiger charge is -2.13. The molecule has 0 aliphatic carbocycles. The predicted octanol–water partition coefficient (Wildman–Crippen LogP) is 3.67. The average molecular weight is 371 g/mol. The standard InChI is InChI=1S/C16H16Cl2N2O4/c1-22-7-8-24-13-9-10(3-5-12(13)23-2)19-16(21)15-11(17)4-6-14(18)20-15/h3-6,9H,7-8H2,1-2H3,(H,19,21). The Kier molecular flexibility index (Phi) is 6.66. The van der Waals surface area contributed by atoms with Gasteiger partial charge in [0.15, 0.2) is 11.5 Å². The van der Waals surface area contributed by atoms with E-state index in [-0.39, 0.29) is 15.9 Å². The minimum absolute atomic E-state index is 0.0434. The minimum atomic E-state index is -0.476. The number of halogens is 2. The first-order valence-electron chi connectivity index (χ1n) is 6.98. The zero-order valence-corrected chi connectivity index (χ0v) is 14.6. The molecule has 1 aromatic carbocycles. The predicted molar refractivity (Wildman–Crippen MR) is 92.6 cm³/mol. The van der Waals surface area contributed by atoms with E-state index in [9.17, 15) is 4.79 Å². The summed E-state index contributed by atoms with van der Waals surface area (Å²) in [5.41, 5.74) is 0.549. The van der Waals surface area contributed by atoms with E-state index in [0.29, 0.717) is 30.4 Å². The Morgan fingerprint density at radius 3 is 2.62 bits per heavy atom. The summed E-state index contributed by atoms with van der Waals surface area (Å²) in [5, 5.41) is 3.09. The number of rotatable bonds is 7. The summed E-state index contributed by atoms with van der Waals surface area (Å²) in [4.78, 5) is 16.2. The van der Waals surface area contributed by atoms with Gasteiger partial charge in [0.2, 0.25) is 0 Å². The van der Waals surface area contributed by atoms with Crippen molar-refractivity contribution >= 4 is 34.8 Å². The summed E-state index contributed by atoms with van der Waals surface area (Å²) in [6.45, 7) is 0.785. The van der Waals surface area contributed by atoms with Crippen LogP contribution in [0.1, 0.15) is 10.5 Å². The molecule has 1 amide bonds. The molecule has 1 heterocycles. The molecule has 24 heavy (non-hydrogen) atoms. The van der Waals surface area contributed by atoms with E-state index in [1.165, 1.54) is 19.2 Å². The average Bonchev–Trinajstić information content (AvgIpc) is 2.57. The second-order valence-corrected chi connectivity index (χ2v) is 5.42. The van der Waals surface area contributed by atoms with Crippen molar-refractivity contribution in [1.82, 2.24) is 4.98 Å². The molecule has 0 spiro atoms. The Hall–Kier alpha value is -2.02. The number of anilines is 1. The molecule has 0 saturated carbocycles. The normalized spacial score (nSPS) is 10.3. The summed E-state index contributed by atoms with van der Waals surface area (Å²) < 4.78 is 15.7. The molecule has 1 N–H and O–H groups in total. The summed E-state index contributed by atoms with van der Waals surface area (Å²) in [6, 6.07) is 8.03. The van der Waals surface area contributed by atoms with Gasteiger partial charge in [-0.2, -0.15) is 0 Å². The van der Waals surface area contributed by atoms with Crippen LogP contribution in [0, 0.1) is 0 Å². The number of methoxy groups -OCH3 is 2. The van der Waals surface area contributed by atoms with Gasteiger partial charge in [-0.25, -0.2) is 4.98 Å². The van der Waals surface area contributed by atoms with E-state index >= 15 is 0 Å². The van der Waals surface area contributed by atoms with Gasteiger partial charge < -0.3 is 19.5 Å². The number of carbonyl (C=O) groups excluding carboxylic acids is 1. The van der Waals surface area contributed by atoms with Crippen molar-refractivity contribution in [3.05, 3.63) is 46.2 Å². The van der Waals surface area contributed by atoms with Crippen LogP contribution >= 0.6 is 23.2 Å². The highest BCUT2D eigenvalue weighted by Crippen LogP contribution is 2.30. The molecule has 1 aromatic heterocycles. The van der Waals surface area contributed by atoms with E-state index in [4.69, 9.17) is 37.4 Å². The maximum Gasteiger partial charge on any atom is 0.275 e. The zero-order chi connectivity index (χ0) is 17.5. The third kappa shape index (κ3) is 4.74. The lowest BCUT2D eigenvalue weighted by Crippen LogP contribution is -2.14. The second-order valence-electron chi connectivity index (χ2n) is 4.63. The molecule has 0 aliphatic heterocycles. The van der Waals surface area contributed by atoms with Crippen LogP contribution in [-0.4, -0.2) is 38.3 Å². The van der Waals surface area contributed by atoms with Gasteiger partial charge in [-0.3, -0.25) is 4.79 Å². The summed E-state index contributed by atoms with van der Waals surface area (Å²) in [5.74, 6) is 0.552. The number of aromatic nitrogens is 1. The molecule has 2 aromatic rings. The van der Waals surface area contributed by atoms with Crippen molar-refractivity contribution in [3.63, 3.8) is 0 Å². The second kappa shape index (κ2) is 8.73. The number of hydrogen-bond donors (Lipinski definition) is 1. The van der Waals surface area contributed by atoms with Crippen LogP contribution in [0.25, 0.3) is 0 Å². The van der Waals surface area contributed by atoms with Gasteiger partial charge in [-0.1, -0.05) is 23.2 Å². The molecular weight excluding hydrogens is 355 g/mol. The fraction of sp³-hybridized carbons (Fsp3) is 0.250. The summed E-state index contributed by atoms with van der Waals surface area (Å²) in [7, 11) is 3.12. The van der Waals surface area contributed by atoms with E-state index in [1.807, 2.05) is 0 Å². The van der Waals surface area contributed by atoms with Crippen LogP contribution in [0.5, 0.6) is 11.5 Å². The number of nitrogens with zero attached hydrogens (tertiary/aromatic N) is 1. The first kappa shape index (κ1) is 18.3. The maximum absolute atomic E-state index is 12.3. The number of pyridine rings is 1. The third-order valence-corrected chi connectivity index (χ3v) is 3.51. The number of hydrogen-bond acceptors (Lipinski definition) is 5. The van der Waals surface area contributed by atoms with Gasteiger partial charge in [0.05, 0.1) is 18.7 Å². The Balaban J connectivity index is 2.18. The molecule has 128 valence electrons. The first-order valence-corrected chi connectivity index (χ1v) is 7.74. The Morgan fingerprint density at radius 2 is 1.92 bits per heavy atom. The van der Waals surface area contributed by atoms with E-state index in [2.05, 4.69) is 10.3 Å². The molecule has 0 aliphatic rings. The van der Waals surface area contributed by atoms with E-state index < -0.39 is 5.91 Å². The van der Waals surface area contributed by atoms with Crippen LogP contribution in [0.4, 0.5) is 5.69 Å². The van der Waals surface area contributed by atoms with Gasteiger partial charge in [0.1, 0.15) is 17.5 Å². The monoisotopic (exact) mass is 370 g/mol. The van der Waals surface area contributed by atoms with Crippen LogP contribution < -0.4 is 14.8 Å². The van der Waals surface area contributed by atoms with Crippen molar-refractivity contribution in [2.45, 2.75) is 0 Å². The lowest BCUT2D eigenvalue weighted by atomic mass is 10.2. The topological polar surface area (TPSA) is 69.7 Å². The molecule has 0 saturated heterocycles. The molecule has 0 fully saturated rings.